The fraction of sp³-hybridized carbons (Fsp3) is 0.300. The Balaban J connectivity index is 1.91. The van der Waals surface area contributed by atoms with Crippen LogP contribution in [0, 0.1) is 0 Å². The summed E-state index contributed by atoms with van der Waals surface area (Å²) in [5, 5.41) is 5.54. The van der Waals surface area contributed by atoms with Gasteiger partial charge >= 0.3 is 0 Å². The van der Waals surface area contributed by atoms with E-state index in [1.165, 1.54) is 7.11 Å². The Hall–Kier alpha value is -2.58. The quantitative estimate of drug-likeness (QED) is 0.542. The number of carbonyl (C=O) groups excluding carboxylic acids is 2. The Morgan fingerprint density at radius 2 is 1.79 bits per heavy atom. The Bertz CT molecular complexity index is 796. The third-order valence-corrected chi connectivity index (χ3v) is 4.25. The number of nitrogens with one attached hydrogen (secondary N) is 2. The average molecular weight is 451 g/mol. The molecule has 0 aliphatic carbocycles. The molecule has 0 spiro atoms. The molecule has 2 amide bonds. The number of rotatable bonds is 10. The topological polar surface area (TPSA) is 85.9 Å². The van der Waals surface area contributed by atoms with Crippen molar-refractivity contribution in [1.29, 1.82) is 0 Å². The molecular weight excluding hydrogens is 428 g/mol. The first kappa shape index (κ1) is 21.7. The molecule has 2 aromatic carbocycles. The van der Waals surface area contributed by atoms with Gasteiger partial charge in [-0.05, 0) is 48.9 Å². The van der Waals surface area contributed by atoms with Crippen LogP contribution in [0.2, 0.25) is 0 Å². The third kappa shape index (κ3) is 6.86. The molecular formula is C20H23BrN2O5. The molecule has 2 aromatic rings. The number of carbonyl (C=O) groups is 2. The minimum atomic E-state index is -0.302. The molecule has 0 bridgehead atoms. The van der Waals surface area contributed by atoms with Gasteiger partial charge in [-0.3, -0.25) is 9.59 Å². The van der Waals surface area contributed by atoms with E-state index in [1.54, 1.807) is 37.4 Å². The van der Waals surface area contributed by atoms with Gasteiger partial charge in [-0.1, -0.05) is 15.9 Å². The predicted molar refractivity (Wildman–Crippen MR) is 110 cm³/mol. The second kappa shape index (κ2) is 11.3. The van der Waals surface area contributed by atoms with E-state index in [9.17, 15) is 9.59 Å². The van der Waals surface area contributed by atoms with E-state index in [2.05, 4.69) is 26.6 Å². The smallest absolute Gasteiger partial charge is 0.262 e. The normalized spacial score (nSPS) is 10.2. The summed E-state index contributed by atoms with van der Waals surface area (Å²) in [6.45, 7) is 0.914. The van der Waals surface area contributed by atoms with E-state index in [0.717, 1.165) is 10.9 Å². The van der Waals surface area contributed by atoms with Gasteiger partial charge in [0.05, 0.1) is 7.11 Å². The lowest BCUT2D eigenvalue weighted by Crippen LogP contribution is -2.25. The number of methoxy groups -OCH3 is 2. The maximum absolute atomic E-state index is 12.2. The standard InChI is InChI=1S/C20H23BrN2O5/c1-26-11-3-10-22-20(25)14-4-9-17(18(12-14)27-2)28-13-19(24)23-16-7-5-15(21)6-8-16/h4-9,12H,3,10-11,13H2,1-2H3,(H,22,25)(H,23,24). The van der Waals surface area contributed by atoms with Gasteiger partial charge in [0, 0.05) is 36.0 Å². The minimum absolute atomic E-state index is 0.186. The van der Waals surface area contributed by atoms with E-state index in [-0.39, 0.29) is 18.4 Å². The van der Waals surface area contributed by atoms with Crippen LogP contribution in [0.4, 0.5) is 5.69 Å². The van der Waals surface area contributed by atoms with Crippen LogP contribution in [-0.4, -0.2) is 45.8 Å². The molecule has 0 saturated heterocycles. The Morgan fingerprint density at radius 1 is 1.04 bits per heavy atom. The molecule has 2 N–H and O–H groups in total. The monoisotopic (exact) mass is 450 g/mol. The van der Waals surface area contributed by atoms with Crippen molar-refractivity contribution >= 4 is 33.4 Å². The summed E-state index contributed by atoms with van der Waals surface area (Å²) < 4.78 is 16.7. The number of hydrogen-bond acceptors (Lipinski definition) is 5. The summed E-state index contributed by atoms with van der Waals surface area (Å²) in [4.78, 5) is 24.2. The zero-order chi connectivity index (χ0) is 20.4. The van der Waals surface area contributed by atoms with Crippen LogP contribution in [0.15, 0.2) is 46.9 Å². The van der Waals surface area contributed by atoms with Crippen molar-refractivity contribution in [2.24, 2.45) is 0 Å². The Kier molecular flexibility index (Phi) is 8.77. The zero-order valence-electron chi connectivity index (χ0n) is 15.8. The first-order chi connectivity index (χ1) is 13.5. The van der Waals surface area contributed by atoms with E-state index in [1.807, 2.05) is 12.1 Å². The Morgan fingerprint density at radius 3 is 2.46 bits per heavy atom. The van der Waals surface area contributed by atoms with E-state index < -0.39 is 0 Å². The summed E-state index contributed by atoms with van der Waals surface area (Å²) in [5.41, 5.74) is 1.12. The molecule has 0 radical (unpaired) electrons. The van der Waals surface area contributed by atoms with E-state index in [0.29, 0.717) is 35.9 Å². The second-order valence-electron chi connectivity index (χ2n) is 5.81. The van der Waals surface area contributed by atoms with Crippen LogP contribution in [-0.2, 0) is 9.53 Å². The van der Waals surface area contributed by atoms with Crippen molar-refractivity contribution in [3.63, 3.8) is 0 Å². The van der Waals surface area contributed by atoms with Crippen LogP contribution in [0.3, 0.4) is 0 Å². The zero-order valence-corrected chi connectivity index (χ0v) is 17.4. The molecule has 0 atom stereocenters. The molecule has 0 aliphatic rings. The van der Waals surface area contributed by atoms with Crippen molar-refractivity contribution in [1.82, 2.24) is 5.32 Å². The maximum Gasteiger partial charge on any atom is 0.262 e. The second-order valence-corrected chi connectivity index (χ2v) is 6.73. The van der Waals surface area contributed by atoms with Crippen LogP contribution >= 0.6 is 15.9 Å². The fourth-order valence-corrected chi connectivity index (χ4v) is 2.59. The summed E-state index contributed by atoms with van der Waals surface area (Å²) in [6.07, 6.45) is 0.730. The number of benzene rings is 2. The highest BCUT2D eigenvalue weighted by Crippen LogP contribution is 2.28. The number of halogens is 1. The molecule has 0 saturated carbocycles. The molecule has 28 heavy (non-hydrogen) atoms. The van der Waals surface area contributed by atoms with Gasteiger partial charge in [0.1, 0.15) is 0 Å². The first-order valence-corrected chi connectivity index (χ1v) is 9.46. The summed E-state index contributed by atoms with van der Waals surface area (Å²) >= 11 is 3.34. The summed E-state index contributed by atoms with van der Waals surface area (Å²) in [6, 6.07) is 12.0. The lowest BCUT2D eigenvalue weighted by atomic mass is 10.2. The van der Waals surface area contributed by atoms with E-state index in [4.69, 9.17) is 14.2 Å². The summed E-state index contributed by atoms with van der Waals surface area (Å²) in [5.74, 6) is 0.239. The number of hydrogen-bond donors (Lipinski definition) is 2. The van der Waals surface area contributed by atoms with Crippen LogP contribution < -0.4 is 20.1 Å². The van der Waals surface area contributed by atoms with Gasteiger partial charge in [-0.25, -0.2) is 0 Å². The van der Waals surface area contributed by atoms with Crippen LogP contribution in [0.25, 0.3) is 0 Å². The molecule has 0 fully saturated rings. The maximum atomic E-state index is 12.2. The van der Waals surface area contributed by atoms with Crippen LogP contribution in [0.5, 0.6) is 11.5 Å². The van der Waals surface area contributed by atoms with Crippen molar-refractivity contribution < 1.29 is 23.8 Å². The minimum Gasteiger partial charge on any atom is -0.493 e. The van der Waals surface area contributed by atoms with Crippen molar-refractivity contribution in [3.05, 3.63) is 52.5 Å². The number of amides is 2. The SMILES string of the molecule is COCCCNC(=O)c1ccc(OCC(=O)Nc2ccc(Br)cc2)c(OC)c1. The van der Waals surface area contributed by atoms with Gasteiger partial charge in [0.2, 0.25) is 0 Å². The predicted octanol–water partition coefficient (Wildman–Crippen LogP) is 3.24. The number of anilines is 1. The number of ether oxygens (including phenoxy) is 3. The average Bonchev–Trinajstić information content (AvgIpc) is 2.71. The fourth-order valence-electron chi connectivity index (χ4n) is 2.32. The van der Waals surface area contributed by atoms with Gasteiger partial charge in [-0.15, -0.1) is 0 Å². The molecule has 8 heteroatoms. The molecule has 150 valence electrons. The Labute approximate surface area is 172 Å². The van der Waals surface area contributed by atoms with Gasteiger partial charge in [0.15, 0.2) is 18.1 Å². The molecule has 0 aliphatic heterocycles. The van der Waals surface area contributed by atoms with Gasteiger partial charge in [-0.2, -0.15) is 0 Å². The third-order valence-electron chi connectivity index (χ3n) is 3.72. The van der Waals surface area contributed by atoms with Gasteiger partial charge < -0.3 is 24.8 Å². The van der Waals surface area contributed by atoms with Crippen molar-refractivity contribution in [2.75, 3.05) is 39.3 Å². The highest BCUT2D eigenvalue weighted by Gasteiger charge is 2.12. The largest absolute Gasteiger partial charge is 0.493 e. The molecule has 2 rings (SSSR count). The highest BCUT2D eigenvalue weighted by molar-refractivity contribution is 9.10. The summed E-state index contributed by atoms with van der Waals surface area (Å²) in [7, 11) is 3.09. The van der Waals surface area contributed by atoms with Crippen molar-refractivity contribution in [3.8, 4) is 11.5 Å². The van der Waals surface area contributed by atoms with E-state index >= 15 is 0 Å². The molecule has 0 aromatic heterocycles. The molecule has 7 nitrogen and oxygen atoms in total. The van der Waals surface area contributed by atoms with Crippen LogP contribution in [0.1, 0.15) is 16.8 Å². The molecule has 0 unspecified atom stereocenters. The lowest BCUT2D eigenvalue weighted by molar-refractivity contribution is -0.118. The lowest BCUT2D eigenvalue weighted by Gasteiger charge is -2.12. The highest BCUT2D eigenvalue weighted by atomic mass is 79.9. The first-order valence-electron chi connectivity index (χ1n) is 8.67. The van der Waals surface area contributed by atoms with Crippen molar-refractivity contribution in [2.45, 2.75) is 6.42 Å². The van der Waals surface area contributed by atoms with Gasteiger partial charge in [0.25, 0.3) is 11.8 Å². The molecule has 0 heterocycles.